The van der Waals surface area contributed by atoms with Crippen molar-refractivity contribution in [3.8, 4) is 0 Å². The monoisotopic (exact) mass is 267 g/mol. The van der Waals surface area contributed by atoms with E-state index in [-0.39, 0.29) is 17.8 Å². The zero-order valence-electron chi connectivity index (χ0n) is 12.0. The van der Waals surface area contributed by atoms with E-state index in [4.69, 9.17) is 4.74 Å². The molecule has 0 amide bonds. The second-order valence-electron chi connectivity index (χ2n) is 5.16. The number of rotatable bonds is 6. The van der Waals surface area contributed by atoms with Crippen LogP contribution in [0.2, 0.25) is 0 Å². The summed E-state index contributed by atoms with van der Waals surface area (Å²) in [5.41, 5.74) is 1.86. The van der Waals surface area contributed by atoms with Crippen molar-refractivity contribution >= 4 is 5.97 Å². The smallest absolute Gasteiger partial charge is 0.322 e. The van der Waals surface area contributed by atoms with E-state index in [1.54, 1.807) is 6.07 Å². The molecule has 0 bridgehead atoms. The minimum atomic E-state index is -0.354. The van der Waals surface area contributed by atoms with Crippen LogP contribution in [0.1, 0.15) is 31.4 Å². The van der Waals surface area contributed by atoms with Crippen molar-refractivity contribution in [3.05, 3.63) is 35.1 Å². The molecule has 0 spiro atoms. The van der Waals surface area contributed by atoms with Gasteiger partial charge < -0.3 is 10.1 Å². The standard InChI is InChI=1S/C15H22FNO2/c1-10(2)7-14(15(18)19-4)17-9-12-8-13(16)6-5-11(12)3/h5-6,8,10,14,17H,7,9H2,1-4H3. The highest BCUT2D eigenvalue weighted by Crippen LogP contribution is 2.12. The van der Waals surface area contributed by atoms with Gasteiger partial charge in [0.15, 0.2) is 0 Å². The van der Waals surface area contributed by atoms with E-state index in [2.05, 4.69) is 5.32 Å². The second kappa shape index (κ2) is 7.24. The van der Waals surface area contributed by atoms with Gasteiger partial charge in [-0.1, -0.05) is 19.9 Å². The highest BCUT2D eigenvalue weighted by molar-refractivity contribution is 5.75. The molecular weight excluding hydrogens is 245 g/mol. The van der Waals surface area contributed by atoms with Gasteiger partial charge in [0.25, 0.3) is 0 Å². The van der Waals surface area contributed by atoms with Crippen LogP contribution in [0.15, 0.2) is 18.2 Å². The Morgan fingerprint density at radius 1 is 1.42 bits per heavy atom. The first kappa shape index (κ1) is 15.6. The number of nitrogens with one attached hydrogen (secondary N) is 1. The van der Waals surface area contributed by atoms with Gasteiger partial charge in [0.2, 0.25) is 0 Å². The highest BCUT2D eigenvalue weighted by atomic mass is 19.1. The van der Waals surface area contributed by atoms with E-state index in [0.717, 1.165) is 11.1 Å². The van der Waals surface area contributed by atoms with E-state index >= 15 is 0 Å². The SMILES string of the molecule is COC(=O)C(CC(C)C)NCc1cc(F)ccc1C. The van der Waals surface area contributed by atoms with Crippen molar-refractivity contribution in [2.45, 2.75) is 39.8 Å². The van der Waals surface area contributed by atoms with Gasteiger partial charge in [-0.25, -0.2) is 4.39 Å². The van der Waals surface area contributed by atoms with Crippen molar-refractivity contribution < 1.29 is 13.9 Å². The van der Waals surface area contributed by atoms with Crippen molar-refractivity contribution in [2.75, 3.05) is 7.11 Å². The fraction of sp³-hybridized carbons (Fsp3) is 0.533. The molecule has 0 aliphatic heterocycles. The lowest BCUT2D eigenvalue weighted by Gasteiger charge is -2.19. The fourth-order valence-corrected chi connectivity index (χ4v) is 1.94. The highest BCUT2D eigenvalue weighted by Gasteiger charge is 2.19. The van der Waals surface area contributed by atoms with E-state index in [1.165, 1.54) is 19.2 Å². The van der Waals surface area contributed by atoms with Crippen LogP contribution in [-0.2, 0) is 16.1 Å². The van der Waals surface area contributed by atoms with Crippen LogP contribution < -0.4 is 5.32 Å². The number of carbonyl (C=O) groups excluding carboxylic acids is 1. The molecule has 1 aromatic carbocycles. The van der Waals surface area contributed by atoms with Crippen molar-refractivity contribution in [2.24, 2.45) is 5.92 Å². The van der Waals surface area contributed by atoms with Gasteiger partial charge in [-0.05, 0) is 42.5 Å². The summed E-state index contributed by atoms with van der Waals surface area (Å²) in [5, 5.41) is 3.14. The maximum Gasteiger partial charge on any atom is 0.322 e. The topological polar surface area (TPSA) is 38.3 Å². The first-order chi connectivity index (χ1) is 8.93. The quantitative estimate of drug-likeness (QED) is 0.805. The third-order valence-electron chi connectivity index (χ3n) is 3.04. The summed E-state index contributed by atoms with van der Waals surface area (Å²) in [4.78, 5) is 11.7. The normalized spacial score (nSPS) is 12.5. The van der Waals surface area contributed by atoms with Gasteiger partial charge in [-0.15, -0.1) is 0 Å². The molecule has 1 atom stereocenters. The van der Waals surface area contributed by atoms with Crippen LogP contribution in [0.3, 0.4) is 0 Å². The molecule has 106 valence electrons. The lowest BCUT2D eigenvalue weighted by Crippen LogP contribution is -2.38. The van der Waals surface area contributed by atoms with Gasteiger partial charge in [0.05, 0.1) is 7.11 Å². The Balaban J connectivity index is 2.70. The number of ether oxygens (including phenoxy) is 1. The summed E-state index contributed by atoms with van der Waals surface area (Å²) in [5.74, 6) is -0.158. The molecule has 1 N–H and O–H groups in total. The number of hydrogen-bond donors (Lipinski definition) is 1. The zero-order chi connectivity index (χ0) is 14.4. The molecule has 1 unspecified atom stereocenters. The fourth-order valence-electron chi connectivity index (χ4n) is 1.94. The Morgan fingerprint density at radius 3 is 2.68 bits per heavy atom. The molecule has 0 saturated heterocycles. The summed E-state index contributed by atoms with van der Waals surface area (Å²) in [6.45, 7) is 6.47. The number of aryl methyl sites for hydroxylation is 1. The van der Waals surface area contributed by atoms with Gasteiger partial charge in [-0.2, -0.15) is 0 Å². The predicted molar refractivity (Wildman–Crippen MR) is 73.2 cm³/mol. The average molecular weight is 267 g/mol. The van der Waals surface area contributed by atoms with E-state index < -0.39 is 0 Å². The molecule has 0 aromatic heterocycles. The Bertz CT molecular complexity index is 432. The summed E-state index contributed by atoms with van der Waals surface area (Å²) in [6.07, 6.45) is 0.695. The Labute approximate surface area is 114 Å². The van der Waals surface area contributed by atoms with Crippen LogP contribution in [0.5, 0.6) is 0 Å². The van der Waals surface area contributed by atoms with Crippen molar-refractivity contribution in [1.29, 1.82) is 0 Å². The molecule has 1 aromatic rings. The average Bonchev–Trinajstić information content (AvgIpc) is 2.36. The first-order valence-electron chi connectivity index (χ1n) is 6.50. The number of hydrogen-bond acceptors (Lipinski definition) is 3. The summed E-state index contributed by atoms with van der Waals surface area (Å²) in [6, 6.07) is 4.31. The maximum absolute atomic E-state index is 13.2. The van der Waals surface area contributed by atoms with Gasteiger partial charge >= 0.3 is 5.97 Å². The minimum absolute atomic E-state index is 0.263. The van der Waals surface area contributed by atoms with E-state index in [0.29, 0.717) is 18.9 Å². The van der Waals surface area contributed by atoms with Crippen LogP contribution in [0, 0.1) is 18.7 Å². The maximum atomic E-state index is 13.2. The van der Waals surface area contributed by atoms with Gasteiger partial charge in [-0.3, -0.25) is 4.79 Å². The summed E-state index contributed by atoms with van der Waals surface area (Å²) in [7, 11) is 1.38. The molecule has 1 rings (SSSR count). The van der Waals surface area contributed by atoms with Gasteiger partial charge in [0.1, 0.15) is 11.9 Å². The third kappa shape index (κ3) is 4.99. The molecule has 0 radical (unpaired) electrons. The lowest BCUT2D eigenvalue weighted by atomic mass is 10.0. The number of esters is 1. The lowest BCUT2D eigenvalue weighted by molar-refractivity contribution is -0.143. The molecule has 0 saturated carbocycles. The number of benzene rings is 1. The second-order valence-corrected chi connectivity index (χ2v) is 5.16. The Hall–Kier alpha value is -1.42. The zero-order valence-corrected chi connectivity index (χ0v) is 12.0. The minimum Gasteiger partial charge on any atom is -0.468 e. The Morgan fingerprint density at radius 2 is 2.11 bits per heavy atom. The first-order valence-corrected chi connectivity index (χ1v) is 6.50. The molecule has 19 heavy (non-hydrogen) atoms. The van der Waals surface area contributed by atoms with Crippen LogP contribution >= 0.6 is 0 Å². The van der Waals surface area contributed by atoms with Crippen molar-refractivity contribution in [3.63, 3.8) is 0 Å². The number of halogens is 1. The van der Waals surface area contributed by atoms with E-state index in [9.17, 15) is 9.18 Å². The van der Waals surface area contributed by atoms with Crippen LogP contribution in [0.4, 0.5) is 4.39 Å². The largest absolute Gasteiger partial charge is 0.468 e. The van der Waals surface area contributed by atoms with Gasteiger partial charge in [0, 0.05) is 6.54 Å². The molecule has 4 heteroatoms. The van der Waals surface area contributed by atoms with Crippen molar-refractivity contribution in [1.82, 2.24) is 5.32 Å². The summed E-state index contributed by atoms with van der Waals surface area (Å²) >= 11 is 0. The predicted octanol–water partition coefficient (Wildman–Crippen LogP) is 2.81. The molecule has 0 aliphatic carbocycles. The molecule has 3 nitrogen and oxygen atoms in total. The molecule has 0 fully saturated rings. The Kier molecular flexibility index (Phi) is 5.96. The molecule has 0 aliphatic rings. The third-order valence-corrected chi connectivity index (χ3v) is 3.04. The van der Waals surface area contributed by atoms with Crippen LogP contribution in [-0.4, -0.2) is 19.1 Å². The van der Waals surface area contributed by atoms with E-state index in [1.807, 2.05) is 20.8 Å². The number of carbonyl (C=O) groups is 1. The number of methoxy groups -OCH3 is 1. The molecular formula is C15H22FNO2. The summed E-state index contributed by atoms with van der Waals surface area (Å²) < 4.78 is 18.0. The van der Waals surface area contributed by atoms with Crippen LogP contribution in [0.25, 0.3) is 0 Å². The molecule has 0 heterocycles.